The van der Waals surface area contributed by atoms with Crippen LogP contribution in [-0.4, -0.2) is 67.7 Å². The zero-order valence-corrected chi connectivity index (χ0v) is 23.4. The molecule has 1 fully saturated rings. The van der Waals surface area contributed by atoms with E-state index in [0.29, 0.717) is 25.7 Å². The summed E-state index contributed by atoms with van der Waals surface area (Å²) in [7, 11) is -1.94. The number of aromatic nitrogens is 2. The Kier molecular flexibility index (Phi) is 9.59. The number of benzene rings is 1. The molecule has 1 amide bonds. The van der Waals surface area contributed by atoms with Gasteiger partial charge in [0.1, 0.15) is 15.6 Å². The Morgan fingerprint density at radius 2 is 1.75 bits per heavy atom. The van der Waals surface area contributed by atoms with E-state index in [9.17, 15) is 39.6 Å². The number of ether oxygens (including phenoxy) is 1. The first-order valence-electron chi connectivity index (χ1n) is 12.3. The van der Waals surface area contributed by atoms with Crippen molar-refractivity contribution >= 4 is 33.0 Å². The molecule has 1 aromatic carbocycles. The summed E-state index contributed by atoms with van der Waals surface area (Å²) in [6, 6.07) is -0.590. The number of nitrogens with zero attached hydrogens (tertiary/aromatic N) is 2. The molecule has 8 nitrogen and oxygen atoms in total. The first kappa shape index (κ1) is 31.8. The van der Waals surface area contributed by atoms with Crippen molar-refractivity contribution in [1.82, 2.24) is 15.1 Å². The Morgan fingerprint density at radius 1 is 1.15 bits per heavy atom. The van der Waals surface area contributed by atoms with Gasteiger partial charge in [-0.2, -0.15) is 31.4 Å². The van der Waals surface area contributed by atoms with E-state index in [1.807, 2.05) is 0 Å². The minimum atomic E-state index is -5.59. The summed E-state index contributed by atoms with van der Waals surface area (Å²) < 4.78 is 108. The van der Waals surface area contributed by atoms with Crippen LogP contribution in [0, 0.1) is 5.92 Å². The van der Waals surface area contributed by atoms with Gasteiger partial charge in [-0.15, -0.1) is 0 Å². The second kappa shape index (κ2) is 12.0. The number of sulfone groups is 1. The van der Waals surface area contributed by atoms with Crippen molar-refractivity contribution < 1.29 is 44.3 Å². The van der Waals surface area contributed by atoms with Gasteiger partial charge in [0.25, 0.3) is 5.91 Å². The van der Waals surface area contributed by atoms with Gasteiger partial charge in [0.05, 0.1) is 23.1 Å². The average Bonchev–Trinajstić information content (AvgIpc) is 3.20. The van der Waals surface area contributed by atoms with Gasteiger partial charge in [-0.3, -0.25) is 9.48 Å². The Labute approximate surface area is 232 Å². The molecule has 0 spiro atoms. The number of hydrogen-bond donors (Lipinski definition) is 2. The van der Waals surface area contributed by atoms with Crippen molar-refractivity contribution in [2.75, 3.05) is 25.2 Å². The van der Waals surface area contributed by atoms with E-state index in [2.05, 4.69) is 10.4 Å². The van der Waals surface area contributed by atoms with E-state index in [1.54, 1.807) is 6.92 Å². The average molecular weight is 619 g/mol. The third-order valence-corrected chi connectivity index (χ3v) is 8.82. The maximum Gasteiger partial charge on any atom is 0.417 e. The predicted molar refractivity (Wildman–Crippen MR) is 137 cm³/mol. The number of amides is 1. The number of carbonyl (C=O) groups is 1. The molecule has 2 aromatic rings. The summed E-state index contributed by atoms with van der Waals surface area (Å²) in [5.41, 5.74) is -0.236. The molecule has 0 saturated heterocycles. The Balaban J connectivity index is 1.82. The van der Waals surface area contributed by atoms with Crippen molar-refractivity contribution in [1.29, 1.82) is 0 Å². The third-order valence-electron chi connectivity index (χ3n) is 6.78. The second-order valence-electron chi connectivity index (χ2n) is 9.58. The molecule has 0 bridgehead atoms. The van der Waals surface area contributed by atoms with Crippen molar-refractivity contribution in [2.24, 2.45) is 5.92 Å². The van der Waals surface area contributed by atoms with Gasteiger partial charge in [0.15, 0.2) is 5.69 Å². The molecule has 3 rings (SSSR count). The molecule has 1 aromatic heterocycles. The first-order chi connectivity index (χ1) is 18.5. The fourth-order valence-electron chi connectivity index (χ4n) is 4.65. The molecule has 224 valence electrons. The van der Waals surface area contributed by atoms with Crippen LogP contribution in [0.5, 0.6) is 5.75 Å². The Hall–Kier alpha value is -2.68. The third kappa shape index (κ3) is 7.33. The number of hydrogen-bond acceptors (Lipinski definition) is 6. The lowest BCUT2D eigenvalue weighted by Crippen LogP contribution is -2.47. The molecule has 40 heavy (non-hydrogen) atoms. The lowest BCUT2D eigenvalue weighted by atomic mass is 9.89. The van der Waals surface area contributed by atoms with Gasteiger partial charge >= 0.3 is 12.4 Å². The highest BCUT2D eigenvalue weighted by atomic mass is 35.5. The molecule has 0 radical (unpaired) electrons. The smallest absolute Gasteiger partial charge is 0.417 e. The van der Waals surface area contributed by atoms with Crippen LogP contribution in [0.4, 0.5) is 32.0 Å². The van der Waals surface area contributed by atoms with Crippen LogP contribution in [-0.2, 0) is 16.4 Å². The van der Waals surface area contributed by atoms with E-state index < -0.39 is 39.8 Å². The van der Waals surface area contributed by atoms with Crippen LogP contribution < -0.4 is 15.4 Å². The molecular weight excluding hydrogens is 590 g/mol. The monoisotopic (exact) mass is 618 g/mol. The van der Waals surface area contributed by atoms with Gasteiger partial charge in [0.2, 0.25) is 6.04 Å². The lowest BCUT2D eigenvalue weighted by Gasteiger charge is -2.27. The molecule has 1 heterocycles. The van der Waals surface area contributed by atoms with Crippen LogP contribution in [0.3, 0.4) is 0 Å². The maximum absolute atomic E-state index is 13.0. The quantitative estimate of drug-likeness (QED) is 0.362. The predicted octanol–water partition coefficient (Wildman–Crippen LogP) is 5.47. The number of nitrogens with one attached hydrogen (secondary N) is 2. The van der Waals surface area contributed by atoms with Crippen LogP contribution in [0.25, 0.3) is 11.3 Å². The largest absolute Gasteiger partial charge is 0.496 e. The van der Waals surface area contributed by atoms with E-state index in [1.165, 1.54) is 29.4 Å². The Bertz CT molecular complexity index is 1310. The summed E-state index contributed by atoms with van der Waals surface area (Å²) >= 11 is 6.52. The number of carbonyl (C=O) groups excluding carboxylic acids is 1. The molecule has 1 aliphatic rings. The molecule has 0 unspecified atom stereocenters. The normalized spacial score (nSPS) is 18.6. The minimum absolute atomic E-state index is 0.0748. The summed E-state index contributed by atoms with van der Waals surface area (Å²) in [6.07, 6.45) is -7.71. The molecular formula is C24H29ClF6N4O4S. The minimum Gasteiger partial charge on any atom is -0.496 e. The molecule has 0 atom stereocenters. The summed E-state index contributed by atoms with van der Waals surface area (Å²) in [6.45, 7) is 2.21. The van der Waals surface area contributed by atoms with E-state index in [-0.39, 0.29) is 52.0 Å². The molecule has 16 heteroatoms. The van der Waals surface area contributed by atoms with E-state index in [0.717, 1.165) is 12.1 Å². The SMILES string of the molecule is CCn1nc(C(=O)NC[C@H]2CC[C@H](S(C)(=O)=O)CC2)c(Cl)c1-c1ccc(NC(C(F)(F)F)C(F)(F)F)cc1OC. The summed E-state index contributed by atoms with van der Waals surface area (Å²) in [5.74, 6) is -0.607. The van der Waals surface area contributed by atoms with Crippen LogP contribution in [0.2, 0.25) is 5.02 Å². The van der Waals surface area contributed by atoms with Crippen molar-refractivity contribution in [2.45, 2.75) is 62.8 Å². The van der Waals surface area contributed by atoms with Crippen LogP contribution in [0.15, 0.2) is 18.2 Å². The highest BCUT2D eigenvalue weighted by molar-refractivity contribution is 7.91. The summed E-state index contributed by atoms with van der Waals surface area (Å²) in [5, 5.41) is 8.00. The molecule has 0 aliphatic heterocycles. The number of anilines is 1. The Morgan fingerprint density at radius 3 is 2.25 bits per heavy atom. The first-order valence-corrected chi connectivity index (χ1v) is 14.6. The van der Waals surface area contributed by atoms with Crippen LogP contribution in [0.1, 0.15) is 43.1 Å². The van der Waals surface area contributed by atoms with Gasteiger partial charge < -0.3 is 15.4 Å². The fraction of sp³-hybridized carbons (Fsp3) is 0.583. The summed E-state index contributed by atoms with van der Waals surface area (Å²) in [4.78, 5) is 12.9. The van der Waals surface area contributed by atoms with Crippen molar-refractivity contribution in [3.63, 3.8) is 0 Å². The molecule has 2 N–H and O–H groups in total. The van der Waals surface area contributed by atoms with Gasteiger partial charge in [-0.1, -0.05) is 11.6 Å². The fourth-order valence-corrected chi connectivity index (χ4v) is 6.10. The molecule has 1 saturated carbocycles. The zero-order chi connectivity index (χ0) is 30.0. The van der Waals surface area contributed by atoms with Gasteiger partial charge in [-0.25, -0.2) is 8.42 Å². The van der Waals surface area contributed by atoms with Crippen molar-refractivity contribution in [3.05, 3.63) is 28.9 Å². The topological polar surface area (TPSA) is 102 Å². The number of halogens is 7. The molecule has 1 aliphatic carbocycles. The van der Waals surface area contributed by atoms with E-state index >= 15 is 0 Å². The lowest BCUT2D eigenvalue weighted by molar-refractivity contribution is -0.242. The number of aryl methyl sites for hydroxylation is 1. The highest BCUT2D eigenvalue weighted by Gasteiger charge is 2.57. The second-order valence-corrected chi connectivity index (χ2v) is 12.3. The number of rotatable bonds is 9. The number of alkyl halides is 6. The van der Waals surface area contributed by atoms with Crippen LogP contribution >= 0.6 is 11.6 Å². The highest BCUT2D eigenvalue weighted by Crippen LogP contribution is 2.40. The number of methoxy groups -OCH3 is 1. The van der Waals surface area contributed by atoms with Crippen molar-refractivity contribution in [3.8, 4) is 17.0 Å². The maximum atomic E-state index is 13.0. The van der Waals surface area contributed by atoms with E-state index in [4.69, 9.17) is 16.3 Å². The van der Waals surface area contributed by atoms with Gasteiger partial charge in [-0.05, 0) is 50.7 Å². The standard InChI is InChI=1S/C24H29ClF6N4O4S/c1-4-35-20(16-10-7-14(11-17(16)39-2)33-22(23(26,27)28)24(29,30)31)18(25)19(34-35)21(36)32-12-13-5-8-15(9-6-13)40(3,37)38/h7,10-11,13,15,22,33H,4-6,8-9,12H2,1-3H3,(H,32,36)/t13-,15-. The van der Waals surface area contributed by atoms with Gasteiger partial charge in [0, 0.05) is 36.7 Å². The zero-order valence-electron chi connectivity index (χ0n) is 21.8.